The predicted octanol–water partition coefficient (Wildman–Crippen LogP) is 4.09. The summed E-state index contributed by atoms with van der Waals surface area (Å²) >= 11 is 6.24. The molecule has 26 heavy (non-hydrogen) atoms. The van der Waals surface area contributed by atoms with Gasteiger partial charge in [0.05, 0.1) is 27.5 Å². The van der Waals surface area contributed by atoms with Crippen LogP contribution in [0.3, 0.4) is 0 Å². The Kier molecular flexibility index (Phi) is 5.09. The third kappa shape index (κ3) is 3.96. The summed E-state index contributed by atoms with van der Waals surface area (Å²) in [5, 5.41) is 14.1. The van der Waals surface area contributed by atoms with Crippen LogP contribution in [-0.4, -0.2) is 20.4 Å². The zero-order valence-electron chi connectivity index (χ0n) is 13.4. The first-order chi connectivity index (χ1) is 12.5. The van der Waals surface area contributed by atoms with Crippen LogP contribution >= 0.6 is 11.6 Å². The summed E-state index contributed by atoms with van der Waals surface area (Å²) in [6.45, 7) is 0. The van der Waals surface area contributed by atoms with Crippen molar-refractivity contribution in [3.05, 3.63) is 88.0 Å². The molecule has 130 valence electrons. The lowest BCUT2D eigenvalue weighted by Gasteiger charge is -2.08. The lowest BCUT2D eigenvalue weighted by molar-refractivity contribution is -0.385. The van der Waals surface area contributed by atoms with E-state index in [1.54, 1.807) is 59.7 Å². The Morgan fingerprint density at radius 2 is 2.08 bits per heavy atom. The van der Waals surface area contributed by atoms with Crippen molar-refractivity contribution in [1.82, 2.24) is 9.55 Å². The summed E-state index contributed by atoms with van der Waals surface area (Å²) in [5.74, 6) is -0.422. The number of nitro groups is 1. The first-order valence-electron chi connectivity index (χ1n) is 7.55. The number of nitro benzene ring substituents is 1. The van der Waals surface area contributed by atoms with Gasteiger partial charge in [0.25, 0.3) is 5.69 Å². The minimum atomic E-state index is -0.494. The SMILES string of the molecule is O=C(/C=C/c1ccccc1[N+](=O)[O-])Nc1ccc(-n2ccnc2)c(Cl)c1. The summed E-state index contributed by atoms with van der Waals surface area (Å²) in [4.78, 5) is 26.5. The van der Waals surface area contributed by atoms with Crippen LogP contribution in [0, 0.1) is 10.1 Å². The number of hydrogen-bond acceptors (Lipinski definition) is 4. The van der Waals surface area contributed by atoms with Crippen LogP contribution in [-0.2, 0) is 4.79 Å². The number of hydrogen-bond donors (Lipinski definition) is 1. The highest BCUT2D eigenvalue weighted by Crippen LogP contribution is 2.24. The van der Waals surface area contributed by atoms with Gasteiger partial charge in [0.15, 0.2) is 0 Å². The molecule has 1 heterocycles. The van der Waals surface area contributed by atoms with Gasteiger partial charge in [-0.3, -0.25) is 14.9 Å². The number of rotatable bonds is 5. The minimum Gasteiger partial charge on any atom is -0.322 e. The van der Waals surface area contributed by atoms with Crippen LogP contribution in [0.4, 0.5) is 11.4 Å². The van der Waals surface area contributed by atoms with Gasteiger partial charge in [0.1, 0.15) is 0 Å². The molecule has 0 aliphatic heterocycles. The molecule has 1 amide bonds. The topological polar surface area (TPSA) is 90.1 Å². The van der Waals surface area contributed by atoms with Gasteiger partial charge in [-0.1, -0.05) is 23.7 Å². The fourth-order valence-electron chi connectivity index (χ4n) is 2.34. The van der Waals surface area contributed by atoms with Gasteiger partial charge in [-0.25, -0.2) is 4.98 Å². The van der Waals surface area contributed by atoms with E-state index in [-0.39, 0.29) is 5.69 Å². The summed E-state index contributed by atoms with van der Waals surface area (Å²) in [6.07, 6.45) is 7.65. The van der Waals surface area contributed by atoms with E-state index in [4.69, 9.17) is 11.6 Å². The summed E-state index contributed by atoms with van der Waals surface area (Å²) in [5.41, 5.74) is 1.53. The molecular weight excluding hydrogens is 356 g/mol. The van der Waals surface area contributed by atoms with Crippen LogP contribution in [0.15, 0.2) is 67.3 Å². The van der Waals surface area contributed by atoms with Gasteiger partial charge in [-0.05, 0) is 30.3 Å². The molecule has 0 aliphatic carbocycles. The van der Waals surface area contributed by atoms with Gasteiger partial charge in [0, 0.05) is 30.2 Å². The van der Waals surface area contributed by atoms with E-state index in [0.29, 0.717) is 16.3 Å². The van der Waals surface area contributed by atoms with Crippen LogP contribution in [0.25, 0.3) is 11.8 Å². The number of aromatic nitrogens is 2. The molecule has 0 atom stereocenters. The lowest BCUT2D eigenvalue weighted by Crippen LogP contribution is -2.08. The van der Waals surface area contributed by atoms with Crippen molar-refractivity contribution in [2.75, 3.05) is 5.32 Å². The lowest BCUT2D eigenvalue weighted by atomic mass is 10.1. The maximum absolute atomic E-state index is 12.1. The number of carbonyl (C=O) groups is 1. The van der Waals surface area contributed by atoms with Gasteiger partial charge >= 0.3 is 0 Å². The molecule has 3 aromatic rings. The Hall–Kier alpha value is -3.45. The van der Waals surface area contributed by atoms with Crippen LogP contribution in [0.2, 0.25) is 5.02 Å². The molecule has 0 radical (unpaired) electrons. The first-order valence-corrected chi connectivity index (χ1v) is 7.93. The molecule has 0 aliphatic rings. The van der Waals surface area contributed by atoms with Crippen molar-refractivity contribution < 1.29 is 9.72 Å². The van der Waals surface area contributed by atoms with Crippen LogP contribution in [0.5, 0.6) is 0 Å². The van der Waals surface area contributed by atoms with Gasteiger partial charge < -0.3 is 9.88 Å². The number of halogens is 1. The summed E-state index contributed by atoms with van der Waals surface area (Å²) in [7, 11) is 0. The Morgan fingerprint density at radius 3 is 2.77 bits per heavy atom. The average Bonchev–Trinajstić information content (AvgIpc) is 3.14. The van der Waals surface area contributed by atoms with Crippen molar-refractivity contribution in [2.45, 2.75) is 0 Å². The van der Waals surface area contributed by atoms with Gasteiger partial charge in [-0.15, -0.1) is 0 Å². The van der Waals surface area contributed by atoms with E-state index in [1.165, 1.54) is 18.2 Å². The van der Waals surface area contributed by atoms with Crippen LogP contribution in [0.1, 0.15) is 5.56 Å². The Bertz CT molecular complexity index is 984. The highest BCUT2D eigenvalue weighted by Gasteiger charge is 2.10. The molecule has 7 nitrogen and oxygen atoms in total. The minimum absolute atomic E-state index is 0.0655. The highest BCUT2D eigenvalue weighted by atomic mass is 35.5. The fourth-order valence-corrected chi connectivity index (χ4v) is 2.62. The number of imidazole rings is 1. The Labute approximate surface area is 153 Å². The van der Waals surface area contributed by atoms with E-state index in [2.05, 4.69) is 10.3 Å². The molecule has 8 heteroatoms. The normalized spacial score (nSPS) is 10.8. The number of para-hydroxylation sites is 1. The third-order valence-corrected chi connectivity index (χ3v) is 3.85. The van der Waals surface area contributed by atoms with Gasteiger partial charge in [0.2, 0.25) is 5.91 Å². The Morgan fingerprint density at radius 1 is 1.27 bits per heavy atom. The number of nitrogens with zero attached hydrogens (tertiary/aromatic N) is 3. The number of nitrogens with one attached hydrogen (secondary N) is 1. The van der Waals surface area contributed by atoms with Crippen molar-refractivity contribution in [3.8, 4) is 5.69 Å². The molecule has 1 aromatic heterocycles. The summed E-state index contributed by atoms with van der Waals surface area (Å²) in [6, 6.07) is 11.3. The molecule has 0 spiro atoms. The zero-order valence-corrected chi connectivity index (χ0v) is 14.1. The van der Waals surface area contributed by atoms with E-state index in [0.717, 1.165) is 5.69 Å². The molecule has 1 N–H and O–H groups in total. The second kappa shape index (κ2) is 7.62. The van der Waals surface area contributed by atoms with Crippen LogP contribution < -0.4 is 5.32 Å². The third-order valence-electron chi connectivity index (χ3n) is 3.55. The maximum atomic E-state index is 12.1. The fraction of sp³-hybridized carbons (Fsp3) is 0. The van der Waals surface area contributed by atoms with Crippen molar-refractivity contribution in [1.29, 1.82) is 0 Å². The number of anilines is 1. The molecular formula is C18H13ClN4O3. The largest absolute Gasteiger partial charge is 0.322 e. The zero-order chi connectivity index (χ0) is 18.5. The second-order valence-corrected chi connectivity index (χ2v) is 5.68. The number of amides is 1. The predicted molar refractivity (Wildman–Crippen MR) is 99.3 cm³/mol. The van der Waals surface area contributed by atoms with E-state index in [9.17, 15) is 14.9 Å². The molecule has 3 rings (SSSR count). The standard InChI is InChI=1S/C18H13ClN4O3/c19-15-11-14(6-7-17(15)22-10-9-20-12-22)21-18(24)8-5-13-3-1-2-4-16(13)23(25)26/h1-12H,(H,21,24)/b8-5+. The van der Waals surface area contributed by atoms with Crippen molar-refractivity contribution >= 4 is 35.0 Å². The quantitative estimate of drug-likeness (QED) is 0.417. The molecule has 0 fully saturated rings. The molecule has 0 saturated carbocycles. The Balaban J connectivity index is 1.73. The average molecular weight is 369 g/mol. The van der Waals surface area contributed by atoms with Gasteiger partial charge in [-0.2, -0.15) is 0 Å². The van der Waals surface area contributed by atoms with E-state index in [1.807, 2.05) is 0 Å². The van der Waals surface area contributed by atoms with Crippen molar-refractivity contribution in [2.24, 2.45) is 0 Å². The van der Waals surface area contributed by atoms with Crippen molar-refractivity contribution in [3.63, 3.8) is 0 Å². The van der Waals surface area contributed by atoms with E-state index >= 15 is 0 Å². The summed E-state index contributed by atoms with van der Waals surface area (Å²) < 4.78 is 1.75. The molecule has 0 bridgehead atoms. The molecule has 0 saturated heterocycles. The second-order valence-electron chi connectivity index (χ2n) is 5.27. The van der Waals surface area contributed by atoms with E-state index < -0.39 is 10.8 Å². The smallest absolute Gasteiger partial charge is 0.276 e. The molecule has 0 unspecified atom stereocenters. The maximum Gasteiger partial charge on any atom is 0.276 e. The monoisotopic (exact) mass is 368 g/mol. The first kappa shape index (κ1) is 17.4. The number of carbonyl (C=O) groups excluding carboxylic acids is 1. The highest BCUT2D eigenvalue weighted by molar-refractivity contribution is 6.32. The molecule has 2 aromatic carbocycles. The number of benzene rings is 2.